The van der Waals surface area contributed by atoms with Crippen LogP contribution in [0.4, 0.5) is 14.6 Å². The van der Waals surface area contributed by atoms with Gasteiger partial charge < -0.3 is 9.80 Å². The summed E-state index contributed by atoms with van der Waals surface area (Å²) in [7, 11) is 0. The van der Waals surface area contributed by atoms with Gasteiger partial charge in [-0.2, -0.15) is 10.4 Å². The summed E-state index contributed by atoms with van der Waals surface area (Å²) in [6, 6.07) is 11.2. The molecule has 0 bridgehead atoms. The summed E-state index contributed by atoms with van der Waals surface area (Å²) >= 11 is 0. The van der Waals surface area contributed by atoms with Crippen molar-refractivity contribution in [3.05, 3.63) is 47.2 Å². The van der Waals surface area contributed by atoms with Crippen molar-refractivity contribution >= 4 is 11.7 Å². The van der Waals surface area contributed by atoms with Gasteiger partial charge in [0.15, 0.2) is 5.82 Å². The molecule has 3 heterocycles. The summed E-state index contributed by atoms with van der Waals surface area (Å²) in [5, 5.41) is 13.7. The molecule has 2 aliphatic rings. The van der Waals surface area contributed by atoms with Gasteiger partial charge in [-0.1, -0.05) is 31.9 Å². The van der Waals surface area contributed by atoms with E-state index in [9.17, 15) is 13.6 Å². The lowest BCUT2D eigenvalue weighted by molar-refractivity contribution is -0.0221. The minimum Gasteiger partial charge on any atom is -0.355 e. The molecule has 8 heteroatoms. The number of halogens is 2. The minimum atomic E-state index is -2.62. The van der Waals surface area contributed by atoms with Crippen LogP contribution >= 0.6 is 0 Å². The molecule has 1 amide bonds. The summed E-state index contributed by atoms with van der Waals surface area (Å²) in [5.41, 5.74) is 2.07. The highest BCUT2D eigenvalue weighted by molar-refractivity contribution is 5.94. The molecule has 2 aromatic rings. The monoisotopic (exact) mass is 427 g/mol. The van der Waals surface area contributed by atoms with E-state index in [-0.39, 0.29) is 37.9 Å². The van der Waals surface area contributed by atoms with E-state index in [4.69, 9.17) is 5.26 Å². The molecule has 31 heavy (non-hydrogen) atoms. The lowest BCUT2D eigenvalue weighted by Crippen LogP contribution is -2.42. The number of unbranched alkanes of at least 4 members (excludes halogenated alkanes) is 1. The number of piperidine rings is 1. The molecule has 1 aromatic carbocycles. The highest BCUT2D eigenvalue weighted by Gasteiger charge is 2.37. The summed E-state index contributed by atoms with van der Waals surface area (Å²) in [6.45, 7) is 3.64. The number of hydrogen-bond acceptors (Lipinski definition) is 4. The lowest BCUT2D eigenvalue weighted by atomic mass is 10.0. The van der Waals surface area contributed by atoms with E-state index in [0.717, 1.165) is 24.8 Å². The first-order valence-electron chi connectivity index (χ1n) is 10.9. The van der Waals surface area contributed by atoms with E-state index in [1.54, 1.807) is 18.2 Å². The Kier molecular flexibility index (Phi) is 5.94. The third-order valence-electron chi connectivity index (χ3n) is 6.17. The van der Waals surface area contributed by atoms with Gasteiger partial charge in [0.1, 0.15) is 5.69 Å². The van der Waals surface area contributed by atoms with E-state index >= 15 is 0 Å². The molecule has 1 saturated heterocycles. The number of fused-ring (bicyclic) bond motifs is 1. The number of anilines is 1. The molecule has 0 N–H and O–H groups in total. The second-order valence-electron chi connectivity index (χ2n) is 8.47. The molecule has 1 fully saturated rings. The highest BCUT2D eigenvalue weighted by Crippen LogP contribution is 2.33. The standard InChI is InChI=1S/C23H27F2N5O/c1-2-3-4-19-16-29(15-18-7-5-17(14-26)6-8-18)22(31)20-13-21(27-30(19)20)28-11-9-23(24,25)10-12-28/h5-8,13,19H,2-4,9-12,15-16H2,1H3. The fourth-order valence-electron chi connectivity index (χ4n) is 4.31. The van der Waals surface area contributed by atoms with Crippen LogP contribution in [0.5, 0.6) is 0 Å². The molecular formula is C23H27F2N5O. The average Bonchev–Trinajstić information content (AvgIpc) is 3.21. The van der Waals surface area contributed by atoms with Crippen LogP contribution in [0.3, 0.4) is 0 Å². The van der Waals surface area contributed by atoms with Gasteiger partial charge in [-0.15, -0.1) is 0 Å². The second-order valence-corrected chi connectivity index (χ2v) is 8.47. The Bertz CT molecular complexity index is 969. The minimum absolute atomic E-state index is 0.0611. The first kappa shape index (κ1) is 21.3. The molecular weight excluding hydrogens is 400 g/mol. The number of amides is 1. The van der Waals surface area contributed by atoms with Crippen LogP contribution in [-0.4, -0.2) is 46.1 Å². The maximum atomic E-state index is 13.6. The van der Waals surface area contributed by atoms with Gasteiger partial charge in [-0.05, 0) is 24.1 Å². The topological polar surface area (TPSA) is 65.2 Å². The fourth-order valence-corrected chi connectivity index (χ4v) is 4.31. The van der Waals surface area contributed by atoms with Gasteiger partial charge in [0.05, 0.1) is 17.7 Å². The van der Waals surface area contributed by atoms with Gasteiger partial charge in [-0.3, -0.25) is 9.48 Å². The molecule has 1 aromatic heterocycles. The molecule has 6 nitrogen and oxygen atoms in total. The molecule has 0 aliphatic carbocycles. The van der Waals surface area contributed by atoms with Gasteiger partial charge >= 0.3 is 0 Å². The number of carbonyl (C=O) groups excluding carboxylic acids is 1. The normalized spacial score (nSPS) is 20.5. The average molecular weight is 427 g/mol. The van der Waals surface area contributed by atoms with E-state index in [0.29, 0.717) is 30.2 Å². The first-order valence-corrected chi connectivity index (χ1v) is 10.9. The zero-order chi connectivity index (χ0) is 22.0. The number of rotatable bonds is 6. The van der Waals surface area contributed by atoms with Crippen molar-refractivity contribution in [1.82, 2.24) is 14.7 Å². The SMILES string of the molecule is CCCCC1CN(Cc2ccc(C#N)cc2)C(=O)c2cc(N3CCC(F)(F)CC3)nn21. The van der Waals surface area contributed by atoms with Gasteiger partial charge in [-0.25, -0.2) is 8.78 Å². The smallest absolute Gasteiger partial charge is 0.272 e. The van der Waals surface area contributed by atoms with Gasteiger partial charge in [0.25, 0.3) is 11.8 Å². The molecule has 2 aliphatic heterocycles. The lowest BCUT2D eigenvalue weighted by Gasteiger charge is -2.34. The van der Waals surface area contributed by atoms with Crippen LogP contribution in [0, 0.1) is 11.3 Å². The van der Waals surface area contributed by atoms with Crippen molar-refractivity contribution in [3.8, 4) is 6.07 Å². The summed E-state index contributed by atoms with van der Waals surface area (Å²) in [4.78, 5) is 16.9. The number of nitrogens with zero attached hydrogens (tertiary/aromatic N) is 5. The van der Waals surface area contributed by atoms with Crippen LogP contribution in [0.2, 0.25) is 0 Å². The molecule has 0 spiro atoms. The van der Waals surface area contributed by atoms with E-state index in [2.05, 4.69) is 18.1 Å². The van der Waals surface area contributed by atoms with Crippen molar-refractivity contribution in [2.24, 2.45) is 0 Å². The highest BCUT2D eigenvalue weighted by atomic mass is 19.3. The number of aromatic nitrogens is 2. The Balaban J connectivity index is 1.57. The van der Waals surface area contributed by atoms with Crippen molar-refractivity contribution in [2.45, 2.75) is 57.5 Å². The Morgan fingerprint density at radius 3 is 2.58 bits per heavy atom. The van der Waals surface area contributed by atoms with Crippen molar-refractivity contribution in [3.63, 3.8) is 0 Å². The van der Waals surface area contributed by atoms with Crippen molar-refractivity contribution in [1.29, 1.82) is 5.26 Å². The maximum Gasteiger partial charge on any atom is 0.272 e. The third kappa shape index (κ3) is 4.55. The molecule has 0 radical (unpaired) electrons. The summed E-state index contributed by atoms with van der Waals surface area (Å²) < 4.78 is 28.9. The molecule has 0 saturated carbocycles. The van der Waals surface area contributed by atoms with Crippen LogP contribution in [0.1, 0.15) is 66.7 Å². The van der Waals surface area contributed by atoms with Crippen LogP contribution in [0.25, 0.3) is 0 Å². The van der Waals surface area contributed by atoms with Crippen molar-refractivity contribution in [2.75, 3.05) is 24.5 Å². The Morgan fingerprint density at radius 1 is 1.23 bits per heavy atom. The molecule has 1 atom stereocenters. The van der Waals surface area contributed by atoms with Gasteiger partial charge in [0.2, 0.25) is 0 Å². The molecule has 164 valence electrons. The zero-order valence-electron chi connectivity index (χ0n) is 17.7. The second kappa shape index (κ2) is 8.66. The van der Waals surface area contributed by atoms with Crippen LogP contribution < -0.4 is 4.90 Å². The zero-order valence-corrected chi connectivity index (χ0v) is 17.7. The van der Waals surface area contributed by atoms with E-state index in [1.165, 1.54) is 0 Å². The fraction of sp³-hybridized carbons (Fsp3) is 0.522. The maximum absolute atomic E-state index is 13.6. The summed E-state index contributed by atoms with van der Waals surface area (Å²) in [6.07, 6.45) is 2.60. The first-order chi connectivity index (χ1) is 14.9. The van der Waals surface area contributed by atoms with E-state index < -0.39 is 5.92 Å². The number of carbonyl (C=O) groups is 1. The largest absolute Gasteiger partial charge is 0.355 e. The molecule has 4 rings (SSSR count). The van der Waals surface area contributed by atoms with E-state index in [1.807, 2.05) is 26.6 Å². The van der Waals surface area contributed by atoms with Crippen LogP contribution in [-0.2, 0) is 6.54 Å². The predicted octanol–water partition coefficient (Wildman–Crippen LogP) is 4.38. The third-order valence-corrected chi connectivity index (χ3v) is 6.17. The summed E-state index contributed by atoms with van der Waals surface area (Å²) in [5.74, 6) is -2.11. The van der Waals surface area contributed by atoms with Crippen molar-refractivity contribution < 1.29 is 13.6 Å². The Hall–Kier alpha value is -2.95. The number of nitriles is 1. The Morgan fingerprint density at radius 2 is 1.94 bits per heavy atom. The molecule has 1 unspecified atom stereocenters. The Labute approximate surface area is 181 Å². The number of hydrogen-bond donors (Lipinski definition) is 0. The number of benzene rings is 1. The predicted molar refractivity (Wildman–Crippen MR) is 113 cm³/mol. The quantitative estimate of drug-likeness (QED) is 0.686. The van der Waals surface area contributed by atoms with Crippen LogP contribution in [0.15, 0.2) is 30.3 Å². The van der Waals surface area contributed by atoms with Gasteiger partial charge in [0, 0.05) is 45.1 Å². The number of alkyl halides is 2.